The van der Waals surface area contributed by atoms with E-state index in [1.807, 2.05) is 24.4 Å². The summed E-state index contributed by atoms with van der Waals surface area (Å²) >= 11 is 0. The number of hydrogen-bond donors (Lipinski definition) is 1. The molecule has 0 aliphatic carbocycles. The first-order valence-corrected chi connectivity index (χ1v) is 6.25. The first-order valence-electron chi connectivity index (χ1n) is 6.25. The number of hydrogen-bond acceptors (Lipinski definition) is 2. The summed E-state index contributed by atoms with van der Waals surface area (Å²) in [5.74, 6) is -1.69. The fourth-order valence-corrected chi connectivity index (χ4v) is 2.37. The van der Waals surface area contributed by atoms with Crippen molar-refractivity contribution >= 4 is 5.52 Å². The summed E-state index contributed by atoms with van der Waals surface area (Å²) in [7, 11) is 1.78. The molecule has 1 unspecified atom stereocenters. The van der Waals surface area contributed by atoms with Gasteiger partial charge < -0.3 is 5.32 Å². The second-order valence-electron chi connectivity index (χ2n) is 4.53. The standard InChI is InChI=1S/C15H13F2N3/c1-18-15(10-5-6-12(16)13(17)8-10)11-9-19-20-7-3-2-4-14(11)20/h2-9,15,18H,1H3. The molecule has 5 heteroatoms. The van der Waals surface area contributed by atoms with Crippen molar-refractivity contribution in [3.05, 3.63) is 71.6 Å². The Morgan fingerprint density at radius 2 is 2.00 bits per heavy atom. The van der Waals surface area contributed by atoms with Crippen LogP contribution >= 0.6 is 0 Å². The van der Waals surface area contributed by atoms with E-state index in [1.165, 1.54) is 6.07 Å². The molecule has 0 aliphatic rings. The number of halogens is 2. The number of nitrogens with zero attached hydrogens (tertiary/aromatic N) is 2. The van der Waals surface area contributed by atoms with Gasteiger partial charge in [0, 0.05) is 11.8 Å². The smallest absolute Gasteiger partial charge is 0.159 e. The Balaban J connectivity index is 2.11. The number of fused-ring (bicyclic) bond motifs is 1. The van der Waals surface area contributed by atoms with Crippen molar-refractivity contribution in [2.75, 3.05) is 7.05 Å². The maximum Gasteiger partial charge on any atom is 0.159 e. The highest BCUT2D eigenvalue weighted by Gasteiger charge is 2.18. The molecule has 2 heterocycles. The molecule has 0 amide bonds. The Bertz CT molecular complexity index is 752. The van der Waals surface area contributed by atoms with Crippen LogP contribution in [0, 0.1) is 11.6 Å². The fraction of sp³-hybridized carbons (Fsp3) is 0.133. The van der Waals surface area contributed by atoms with Crippen molar-refractivity contribution in [3.63, 3.8) is 0 Å². The lowest BCUT2D eigenvalue weighted by molar-refractivity contribution is 0.505. The third-order valence-electron chi connectivity index (χ3n) is 3.33. The van der Waals surface area contributed by atoms with Gasteiger partial charge in [0.1, 0.15) is 0 Å². The van der Waals surface area contributed by atoms with Crippen LogP contribution in [0.3, 0.4) is 0 Å². The van der Waals surface area contributed by atoms with Gasteiger partial charge in [-0.05, 0) is 36.9 Å². The van der Waals surface area contributed by atoms with E-state index in [2.05, 4.69) is 10.4 Å². The van der Waals surface area contributed by atoms with E-state index >= 15 is 0 Å². The average molecular weight is 273 g/mol. The molecule has 1 atom stereocenters. The van der Waals surface area contributed by atoms with Gasteiger partial charge in [0.2, 0.25) is 0 Å². The molecular formula is C15H13F2N3. The molecule has 3 aromatic rings. The van der Waals surface area contributed by atoms with Gasteiger partial charge in [-0.25, -0.2) is 13.3 Å². The summed E-state index contributed by atoms with van der Waals surface area (Å²) in [5, 5.41) is 7.38. The maximum atomic E-state index is 13.4. The van der Waals surface area contributed by atoms with Gasteiger partial charge in [0.05, 0.1) is 17.8 Å². The van der Waals surface area contributed by atoms with E-state index in [0.29, 0.717) is 5.56 Å². The van der Waals surface area contributed by atoms with Crippen LogP contribution in [0.1, 0.15) is 17.2 Å². The Morgan fingerprint density at radius 3 is 2.75 bits per heavy atom. The van der Waals surface area contributed by atoms with Crippen LogP contribution in [-0.2, 0) is 0 Å². The lowest BCUT2D eigenvalue weighted by atomic mass is 10.00. The Hall–Kier alpha value is -2.27. The van der Waals surface area contributed by atoms with Gasteiger partial charge in [-0.15, -0.1) is 0 Å². The highest BCUT2D eigenvalue weighted by atomic mass is 19.2. The number of aromatic nitrogens is 2. The summed E-state index contributed by atoms with van der Waals surface area (Å²) in [6.45, 7) is 0. The molecular weight excluding hydrogens is 260 g/mol. The fourth-order valence-electron chi connectivity index (χ4n) is 2.37. The Morgan fingerprint density at radius 1 is 1.15 bits per heavy atom. The quantitative estimate of drug-likeness (QED) is 0.795. The van der Waals surface area contributed by atoms with Gasteiger partial charge in [-0.2, -0.15) is 5.10 Å². The molecule has 3 nitrogen and oxygen atoms in total. The molecule has 102 valence electrons. The third-order valence-corrected chi connectivity index (χ3v) is 3.33. The molecule has 3 rings (SSSR count). The number of rotatable bonds is 3. The summed E-state index contributed by atoms with van der Waals surface area (Å²) in [6, 6.07) is 9.42. The average Bonchev–Trinajstić information content (AvgIpc) is 2.88. The number of benzene rings is 1. The van der Waals surface area contributed by atoms with E-state index in [4.69, 9.17) is 0 Å². The molecule has 20 heavy (non-hydrogen) atoms. The van der Waals surface area contributed by atoms with Gasteiger partial charge >= 0.3 is 0 Å². The lowest BCUT2D eigenvalue weighted by Gasteiger charge is -2.16. The Kier molecular flexibility index (Phi) is 3.20. The molecule has 0 saturated carbocycles. The van der Waals surface area contributed by atoms with Crippen LogP contribution < -0.4 is 5.32 Å². The minimum atomic E-state index is -0.848. The highest BCUT2D eigenvalue weighted by Crippen LogP contribution is 2.26. The number of pyridine rings is 1. The van der Waals surface area contributed by atoms with Gasteiger partial charge in [-0.3, -0.25) is 0 Å². The predicted octanol–water partition coefficient (Wildman–Crippen LogP) is 2.92. The van der Waals surface area contributed by atoms with E-state index in [0.717, 1.165) is 17.1 Å². The largest absolute Gasteiger partial charge is 0.309 e. The summed E-state index contributed by atoms with van der Waals surface area (Å²) < 4.78 is 28.2. The van der Waals surface area contributed by atoms with Crippen molar-refractivity contribution in [2.45, 2.75) is 6.04 Å². The second kappa shape index (κ2) is 5.02. The molecule has 0 radical (unpaired) electrons. The van der Waals surface area contributed by atoms with Crippen LogP contribution in [0.15, 0.2) is 48.8 Å². The Labute approximate surface area is 114 Å². The van der Waals surface area contributed by atoms with Gasteiger partial charge in [-0.1, -0.05) is 12.1 Å². The zero-order valence-electron chi connectivity index (χ0n) is 10.8. The second-order valence-corrected chi connectivity index (χ2v) is 4.53. The normalized spacial score (nSPS) is 12.8. The van der Waals surface area contributed by atoms with Crippen LogP contribution in [0.2, 0.25) is 0 Å². The first kappa shape index (κ1) is 12.7. The van der Waals surface area contributed by atoms with Crippen LogP contribution in [0.5, 0.6) is 0 Å². The third kappa shape index (κ3) is 2.06. The molecule has 1 aromatic carbocycles. The molecule has 0 fully saturated rings. The minimum absolute atomic E-state index is 0.245. The summed E-state index contributed by atoms with van der Waals surface area (Å²) in [4.78, 5) is 0. The van der Waals surface area contributed by atoms with Crippen molar-refractivity contribution in [2.24, 2.45) is 0 Å². The zero-order valence-corrected chi connectivity index (χ0v) is 10.8. The van der Waals surface area contributed by atoms with Gasteiger partial charge in [0.15, 0.2) is 11.6 Å². The summed E-state index contributed by atoms with van der Waals surface area (Å²) in [5.41, 5.74) is 2.50. The molecule has 2 aromatic heterocycles. The van der Waals surface area contributed by atoms with Crippen LogP contribution in [-0.4, -0.2) is 16.7 Å². The predicted molar refractivity (Wildman–Crippen MR) is 72.5 cm³/mol. The van der Waals surface area contributed by atoms with E-state index < -0.39 is 11.6 Å². The van der Waals surface area contributed by atoms with E-state index in [9.17, 15) is 8.78 Å². The van der Waals surface area contributed by atoms with Crippen molar-refractivity contribution in [1.29, 1.82) is 0 Å². The molecule has 0 saturated heterocycles. The maximum absolute atomic E-state index is 13.4. The highest BCUT2D eigenvalue weighted by molar-refractivity contribution is 5.57. The van der Waals surface area contributed by atoms with Crippen LogP contribution in [0.25, 0.3) is 5.52 Å². The zero-order chi connectivity index (χ0) is 14.1. The van der Waals surface area contributed by atoms with Crippen LogP contribution in [0.4, 0.5) is 8.78 Å². The van der Waals surface area contributed by atoms with E-state index in [-0.39, 0.29) is 6.04 Å². The molecule has 0 aliphatic heterocycles. The van der Waals surface area contributed by atoms with Gasteiger partial charge in [0.25, 0.3) is 0 Å². The molecule has 0 bridgehead atoms. The first-order chi connectivity index (χ1) is 9.70. The van der Waals surface area contributed by atoms with E-state index in [1.54, 1.807) is 23.8 Å². The summed E-state index contributed by atoms with van der Waals surface area (Å²) in [6.07, 6.45) is 3.58. The van der Waals surface area contributed by atoms with Crippen molar-refractivity contribution in [1.82, 2.24) is 14.9 Å². The minimum Gasteiger partial charge on any atom is -0.309 e. The SMILES string of the molecule is CNC(c1ccc(F)c(F)c1)c1cnn2ccccc12. The topological polar surface area (TPSA) is 29.3 Å². The van der Waals surface area contributed by atoms with Crippen molar-refractivity contribution < 1.29 is 8.78 Å². The molecule has 0 spiro atoms. The number of nitrogens with one attached hydrogen (secondary N) is 1. The monoisotopic (exact) mass is 273 g/mol. The van der Waals surface area contributed by atoms with Crippen molar-refractivity contribution in [3.8, 4) is 0 Å². The lowest BCUT2D eigenvalue weighted by Crippen LogP contribution is -2.17. The molecule has 1 N–H and O–H groups in total.